The highest BCUT2D eigenvalue weighted by Gasteiger charge is 2.34. The molecule has 0 aromatic heterocycles. The van der Waals surface area contributed by atoms with Crippen molar-refractivity contribution in [2.45, 2.75) is 13.5 Å². The molecule has 0 saturated carbocycles. The summed E-state index contributed by atoms with van der Waals surface area (Å²) < 4.78 is 12.7. The monoisotopic (exact) mass is 618 g/mol. The summed E-state index contributed by atoms with van der Waals surface area (Å²) in [5.74, 6) is 0.995. The van der Waals surface area contributed by atoms with Crippen molar-refractivity contribution >= 4 is 67.8 Å². The highest BCUT2D eigenvalue weighted by Crippen LogP contribution is 2.41. The average molecular weight is 620 g/mol. The van der Waals surface area contributed by atoms with Crippen LogP contribution in [0.25, 0.3) is 6.08 Å². The second kappa shape index (κ2) is 12.6. The Labute approximate surface area is 245 Å². The Kier molecular flexibility index (Phi) is 8.71. The molecule has 4 aromatic rings. The number of hydrogen-bond donors (Lipinski definition) is 0. The number of para-hydroxylation sites is 2. The number of ether oxygens (including phenoxy) is 2. The zero-order chi connectivity index (χ0) is 27.2. The summed E-state index contributed by atoms with van der Waals surface area (Å²) in [5, 5.41) is 1.23. The first-order valence-corrected chi connectivity index (χ1v) is 14.3. The molecule has 1 heterocycles. The van der Waals surface area contributed by atoms with E-state index in [-0.39, 0.29) is 5.91 Å². The third-order valence-electron chi connectivity index (χ3n) is 5.76. The lowest BCUT2D eigenvalue weighted by molar-refractivity contribution is -0.113. The molecule has 0 N–H and O–H groups in total. The molecular weight excluding hydrogens is 596 g/mol. The summed E-state index contributed by atoms with van der Waals surface area (Å²) in [6.07, 6.45) is 1.85. The molecule has 8 heteroatoms. The van der Waals surface area contributed by atoms with Gasteiger partial charge in [0.25, 0.3) is 5.91 Å². The Bertz CT molecular complexity index is 1540. The van der Waals surface area contributed by atoms with Gasteiger partial charge >= 0.3 is 0 Å². The highest BCUT2D eigenvalue weighted by molar-refractivity contribution is 9.10. The summed E-state index contributed by atoms with van der Waals surface area (Å²) >= 11 is 11.3. The van der Waals surface area contributed by atoms with Crippen LogP contribution in [0.2, 0.25) is 5.02 Å². The van der Waals surface area contributed by atoms with Crippen LogP contribution in [0, 0.1) is 0 Å². The van der Waals surface area contributed by atoms with E-state index >= 15 is 0 Å². The molecule has 1 amide bonds. The molecule has 5 rings (SSSR count). The highest BCUT2D eigenvalue weighted by atomic mass is 79.9. The fourth-order valence-corrected chi connectivity index (χ4v) is 5.72. The average Bonchev–Trinajstić information content (AvgIpc) is 3.24. The lowest BCUT2D eigenvalue weighted by Crippen LogP contribution is -2.28. The van der Waals surface area contributed by atoms with Crippen molar-refractivity contribution in [1.29, 1.82) is 0 Å². The van der Waals surface area contributed by atoms with Crippen LogP contribution in [-0.4, -0.2) is 17.7 Å². The number of amides is 1. The van der Waals surface area contributed by atoms with Crippen LogP contribution in [0.15, 0.2) is 111 Å². The number of carbonyl (C=O) groups excluding carboxylic acids is 1. The number of rotatable bonds is 8. The third kappa shape index (κ3) is 6.38. The number of thioether (sulfide) groups is 1. The third-order valence-corrected chi connectivity index (χ3v) is 7.69. The van der Waals surface area contributed by atoms with Crippen LogP contribution in [0.5, 0.6) is 11.5 Å². The second-order valence-corrected chi connectivity index (χ2v) is 10.7. The van der Waals surface area contributed by atoms with Gasteiger partial charge in [-0.3, -0.25) is 9.69 Å². The van der Waals surface area contributed by atoms with Gasteiger partial charge in [-0.05, 0) is 88.7 Å². The summed E-state index contributed by atoms with van der Waals surface area (Å²) in [7, 11) is 0. The number of hydrogen-bond acceptors (Lipinski definition) is 5. The van der Waals surface area contributed by atoms with Gasteiger partial charge in [0.05, 0.1) is 27.4 Å². The van der Waals surface area contributed by atoms with Crippen molar-refractivity contribution in [3.63, 3.8) is 0 Å². The standard InChI is InChI=1S/C31H24BrClN2O3S/c1-2-37-27-18-21(17-25(32)29(27)38-20-22-11-9-10-16-26(22)33)19-28-30(36)35(24-14-7-4-8-15-24)31(39-28)34-23-12-5-3-6-13-23/h3-19H,2,20H2,1H3/b28-19-,34-31?. The predicted octanol–water partition coefficient (Wildman–Crippen LogP) is 8.89. The van der Waals surface area contributed by atoms with Gasteiger partial charge in [0, 0.05) is 10.6 Å². The van der Waals surface area contributed by atoms with Crippen molar-refractivity contribution in [2.75, 3.05) is 11.5 Å². The molecule has 0 radical (unpaired) electrons. The molecule has 1 aliphatic rings. The largest absolute Gasteiger partial charge is 0.490 e. The minimum atomic E-state index is -0.144. The van der Waals surface area contributed by atoms with Gasteiger partial charge in [0.1, 0.15) is 6.61 Å². The molecule has 0 aliphatic carbocycles. The van der Waals surface area contributed by atoms with Gasteiger partial charge in [0.15, 0.2) is 16.7 Å². The second-order valence-electron chi connectivity index (χ2n) is 8.46. The minimum absolute atomic E-state index is 0.144. The molecule has 0 spiro atoms. The number of carbonyl (C=O) groups is 1. The Morgan fingerprint density at radius 2 is 1.64 bits per heavy atom. The quantitative estimate of drug-likeness (QED) is 0.185. The smallest absolute Gasteiger partial charge is 0.271 e. The molecule has 1 aliphatic heterocycles. The number of benzene rings is 4. The van der Waals surface area contributed by atoms with E-state index in [9.17, 15) is 4.79 Å². The lowest BCUT2D eigenvalue weighted by Gasteiger charge is -2.16. The maximum atomic E-state index is 13.6. The molecule has 196 valence electrons. The van der Waals surface area contributed by atoms with Crippen LogP contribution < -0.4 is 14.4 Å². The molecule has 0 bridgehead atoms. The summed E-state index contributed by atoms with van der Waals surface area (Å²) in [6, 6.07) is 30.5. The Hall–Kier alpha value is -3.52. The first kappa shape index (κ1) is 27.1. The zero-order valence-electron chi connectivity index (χ0n) is 21.0. The molecule has 0 atom stereocenters. The Morgan fingerprint density at radius 1 is 0.949 bits per heavy atom. The van der Waals surface area contributed by atoms with Gasteiger partial charge in [-0.15, -0.1) is 0 Å². The topological polar surface area (TPSA) is 51.1 Å². The molecule has 1 saturated heterocycles. The fourth-order valence-electron chi connectivity index (χ4n) is 3.96. The van der Waals surface area contributed by atoms with E-state index in [1.54, 1.807) is 4.90 Å². The number of nitrogens with zero attached hydrogens (tertiary/aromatic N) is 2. The number of halogens is 2. The molecule has 39 heavy (non-hydrogen) atoms. The Morgan fingerprint density at radius 3 is 2.36 bits per heavy atom. The van der Waals surface area contributed by atoms with E-state index in [0.29, 0.717) is 44.3 Å². The lowest BCUT2D eigenvalue weighted by atomic mass is 10.1. The van der Waals surface area contributed by atoms with Crippen LogP contribution in [0.1, 0.15) is 18.1 Å². The van der Waals surface area contributed by atoms with Crippen molar-refractivity contribution in [2.24, 2.45) is 4.99 Å². The number of anilines is 1. The summed E-state index contributed by atoms with van der Waals surface area (Å²) in [5.41, 5.74) is 3.20. The zero-order valence-corrected chi connectivity index (χ0v) is 24.2. The fraction of sp³-hybridized carbons (Fsp3) is 0.0968. The first-order chi connectivity index (χ1) is 19.0. The van der Waals surface area contributed by atoms with E-state index in [1.165, 1.54) is 11.8 Å². The molecule has 4 aromatic carbocycles. The van der Waals surface area contributed by atoms with Crippen molar-refractivity contribution in [1.82, 2.24) is 0 Å². The van der Waals surface area contributed by atoms with Gasteiger partial charge in [0.2, 0.25) is 0 Å². The van der Waals surface area contributed by atoms with Gasteiger partial charge < -0.3 is 9.47 Å². The van der Waals surface area contributed by atoms with Crippen LogP contribution in [-0.2, 0) is 11.4 Å². The predicted molar refractivity (Wildman–Crippen MR) is 164 cm³/mol. The van der Waals surface area contributed by atoms with Crippen molar-refractivity contribution in [3.8, 4) is 11.5 Å². The molecule has 1 fully saturated rings. The SMILES string of the molecule is CCOc1cc(/C=C2\SC(=Nc3ccccc3)N(c3ccccc3)C2=O)cc(Br)c1OCc1ccccc1Cl. The number of amidine groups is 1. The minimum Gasteiger partial charge on any atom is -0.490 e. The van der Waals surface area contributed by atoms with Gasteiger partial charge in [-0.1, -0.05) is 66.2 Å². The van der Waals surface area contributed by atoms with Gasteiger partial charge in [-0.2, -0.15) is 0 Å². The van der Waals surface area contributed by atoms with Gasteiger partial charge in [-0.25, -0.2) is 4.99 Å². The number of aliphatic imine (C=N–C) groups is 1. The van der Waals surface area contributed by atoms with E-state index in [0.717, 1.165) is 22.5 Å². The van der Waals surface area contributed by atoms with Crippen LogP contribution in [0.4, 0.5) is 11.4 Å². The van der Waals surface area contributed by atoms with Crippen molar-refractivity contribution in [3.05, 3.63) is 123 Å². The molecule has 0 unspecified atom stereocenters. The van der Waals surface area contributed by atoms with Crippen molar-refractivity contribution < 1.29 is 14.3 Å². The Balaban J connectivity index is 1.48. The summed E-state index contributed by atoms with van der Waals surface area (Å²) in [6.45, 7) is 2.66. The molecule has 5 nitrogen and oxygen atoms in total. The van der Waals surface area contributed by atoms with E-state index < -0.39 is 0 Å². The van der Waals surface area contributed by atoms with E-state index in [2.05, 4.69) is 15.9 Å². The van der Waals surface area contributed by atoms with Crippen LogP contribution in [0.3, 0.4) is 0 Å². The summed E-state index contributed by atoms with van der Waals surface area (Å²) in [4.78, 5) is 20.6. The maximum Gasteiger partial charge on any atom is 0.271 e. The normalized spacial score (nSPS) is 15.3. The molecular formula is C31H24BrClN2O3S. The maximum absolute atomic E-state index is 13.6. The van der Waals surface area contributed by atoms with E-state index in [1.807, 2.05) is 110 Å². The first-order valence-electron chi connectivity index (χ1n) is 12.3. The van der Waals surface area contributed by atoms with E-state index in [4.69, 9.17) is 26.1 Å². The van der Waals surface area contributed by atoms with Crippen LogP contribution >= 0.6 is 39.3 Å².